The van der Waals surface area contributed by atoms with E-state index < -0.39 is 0 Å². The van der Waals surface area contributed by atoms with E-state index in [2.05, 4.69) is 20.4 Å². The Morgan fingerprint density at radius 3 is 2.78 bits per heavy atom. The summed E-state index contributed by atoms with van der Waals surface area (Å²) in [5.74, 6) is 1.49. The lowest BCUT2D eigenvalue weighted by Crippen LogP contribution is -2.38. The number of carbonyl (C=O) groups is 1. The van der Waals surface area contributed by atoms with Crippen molar-refractivity contribution < 1.29 is 14.2 Å². The number of aromatic nitrogens is 4. The third-order valence-electron chi connectivity index (χ3n) is 4.14. The van der Waals surface area contributed by atoms with E-state index in [0.717, 1.165) is 16.7 Å². The number of benzene rings is 2. The molecule has 27 heavy (non-hydrogen) atoms. The van der Waals surface area contributed by atoms with Crippen molar-refractivity contribution >= 4 is 22.8 Å². The topological polar surface area (TPSA) is 86.7 Å². The first-order chi connectivity index (χ1) is 13.2. The van der Waals surface area contributed by atoms with Crippen molar-refractivity contribution in [2.75, 3.05) is 11.9 Å². The zero-order chi connectivity index (χ0) is 18.8. The van der Waals surface area contributed by atoms with Gasteiger partial charge in [-0.25, -0.2) is 0 Å². The summed E-state index contributed by atoms with van der Waals surface area (Å²) in [6.45, 7) is 4.30. The van der Waals surface area contributed by atoms with Crippen molar-refractivity contribution in [3.8, 4) is 11.7 Å². The van der Waals surface area contributed by atoms with Gasteiger partial charge in [0.1, 0.15) is 11.3 Å². The van der Waals surface area contributed by atoms with Crippen LogP contribution in [0.4, 0.5) is 5.82 Å². The van der Waals surface area contributed by atoms with Crippen molar-refractivity contribution in [2.45, 2.75) is 13.8 Å². The van der Waals surface area contributed by atoms with Gasteiger partial charge in [-0.05, 0) is 38.1 Å². The minimum absolute atomic E-state index is 0.247. The number of rotatable bonds is 5. The molecule has 0 saturated carbocycles. The fourth-order valence-electron chi connectivity index (χ4n) is 2.96. The Hall–Kier alpha value is -3.61. The molecule has 0 aliphatic carbocycles. The van der Waals surface area contributed by atoms with Gasteiger partial charge < -0.3 is 4.74 Å². The molecule has 0 spiro atoms. The fraction of sp³-hybridized carbons (Fsp3) is 0.150. The predicted molar refractivity (Wildman–Crippen MR) is 102 cm³/mol. The molecule has 4 rings (SSSR count). The van der Waals surface area contributed by atoms with Crippen LogP contribution >= 0.6 is 0 Å². The lowest BCUT2D eigenvalue weighted by Gasteiger charge is -2.08. The molecule has 3 N–H and O–H groups in total. The molecule has 1 amide bonds. The van der Waals surface area contributed by atoms with E-state index in [0.29, 0.717) is 29.7 Å². The summed E-state index contributed by atoms with van der Waals surface area (Å²) in [5, 5.41) is 6.14. The average Bonchev–Trinajstić information content (AvgIpc) is 3.25. The van der Waals surface area contributed by atoms with E-state index in [-0.39, 0.29) is 5.91 Å². The molecule has 0 atom stereocenters. The predicted octanol–water partition coefficient (Wildman–Crippen LogP) is 3.13. The van der Waals surface area contributed by atoms with Crippen LogP contribution in [0.2, 0.25) is 0 Å². The molecule has 2 heterocycles. The normalized spacial score (nSPS) is 10.9. The maximum Gasteiger partial charge on any atom is 0.374 e. The molecule has 136 valence electrons. The third-order valence-corrected chi connectivity index (χ3v) is 4.14. The van der Waals surface area contributed by atoms with Crippen molar-refractivity contribution in [1.82, 2.24) is 15.1 Å². The van der Waals surface area contributed by atoms with Gasteiger partial charge in [0.2, 0.25) is 5.82 Å². The number of aryl methyl sites for hydroxylation is 1. The van der Waals surface area contributed by atoms with Crippen LogP contribution in [-0.2, 0) is 0 Å². The van der Waals surface area contributed by atoms with E-state index >= 15 is 0 Å². The first kappa shape index (κ1) is 16.8. The smallest absolute Gasteiger partial charge is 0.374 e. The van der Waals surface area contributed by atoms with Crippen LogP contribution in [0.5, 0.6) is 5.75 Å². The number of amides is 1. The highest BCUT2D eigenvalue weighted by Crippen LogP contribution is 2.19. The number of nitrogens with one attached hydrogen (secondary N) is 3. The van der Waals surface area contributed by atoms with Gasteiger partial charge in [0.05, 0.1) is 12.2 Å². The summed E-state index contributed by atoms with van der Waals surface area (Å²) in [7, 11) is 0. The first-order valence-electron chi connectivity index (χ1n) is 8.75. The second kappa shape index (κ2) is 6.95. The molecule has 0 radical (unpaired) electrons. The Morgan fingerprint density at radius 1 is 1.19 bits per heavy atom. The molecular weight excluding hydrogens is 342 g/mol. The molecule has 0 unspecified atom stereocenters. The van der Waals surface area contributed by atoms with Crippen LogP contribution in [0.15, 0.2) is 54.6 Å². The van der Waals surface area contributed by atoms with E-state index in [1.165, 1.54) is 0 Å². The molecule has 0 saturated heterocycles. The van der Waals surface area contributed by atoms with Crippen molar-refractivity contribution in [1.29, 1.82) is 0 Å². The van der Waals surface area contributed by atoms with Crippen LogP contribution in [0.25, 0.3) is 17.0 Å². The Kier molecular flexibility index (Phi) is 4.33. The molecule has 7 nitrogen and oxygen atoms in total. The van der Waals surface area contributed by atoms with Gasteiger partial charge in [-0.1, -0.05) is 24.3 Å². The Bertz CT molecular complexity index is 1080. The largest absolute Gasteiger partial charge is 0.493 e. The third kappa shape index (κ3) is 3.27. The van der Waals surface area contributed by atoms with E-state index in [9.17, 15) is 4.79 Å². The summed E-state index contributed by atoms with van der Waals surface area (Å²) in [5.41, 5.74) is 3.15. The summed E-state index contributed by atoms with van der Waals surface area (Å²) < 4.78 is 7.28. The SMILES string of the molecule is CCOc1ccccc1C(=O)Nc1cc(C)[nH][n+]1-c1nc2ccccc2[nH]1. The Labute approximate surface area is 156 Å². The van der Waals surface area contributed by atoms with Crippen LogP contribution in [0.3, 0.4) is 0 Å². The molecule has 2 aromatic heterocycles. The van der Waals surface area contributed by atoms with Crippen LogP contribution in [-0.4, -0.2) is 27.6 Å². The quantitative estimate of drug-likeness (QED) is 0.477. The summed E-state index contributed by atoms with van der Waals surface area (Å²) in [6.07, 6.45) is 0. The van der Waals surface area contributed by atoms with Gasteiger partial charge in [-0.15, -0.1) is 9.67 Å². The Morgan fingerprint density at radius 2 is 1.96 bits per heavy atom. The molecule has 7 heteroatoms. The molecule has 0 aliphatic rings. The first-order valence-corrected chi connectivity index (χ1v) is 8.75. The second-order valence-electron chi connectivity index (χ2n) is 6.12. The second-order valence-corrected chi connectivity index (χ2v) is 6.12. The molecule has 4 aromatic rings. The number of anilines is 1. The molecule has 0 aliphatic heterocycles. The monoisotopic (exact) mass is 362 g/mol. The summed E-state index contributed by atoms with van der Waals surface area (Å²) in [6, 6.07) is 16.8. The molecular formula is C20H20N5O2+. The fourth-order valence-corrected chi connectivity index (χ4v) is 2.96. The summed E-state index contributed by atoms with van der Waals surface area (Å²) >= 11 is 0. The summed E-state index contributed by atoms with van der Waals surface area (Å²) in [4.78, 5) is 20.7. The lowest BCUT2D eigenvalue weighted by atomic mass is 10.2. The molecule has 0 fully saturated rings. The van der Waals surface area contributed by atoms with Gasteiger partial charge in [-0.2, -0.15) is 0 Å². The number of carbonyl (C=O) groups excluding carboxylic acids is 1. The van der Waals surface area contributed by atoms with Crippen LogP contribution < -0.4 is 14.7 Å². The number of fused-ring (bicyclic) bond motifs is 1. The van der Waals surface area contributed by atoms with Gasteiger partial charge in [0.15, 0.2) is 5.52 Å². The van der Waals surface area contributed by atoms with Gasteiger partial charge in [-0.3, -0.25) is 20.2 Å². The standard InChI is InChI=1S/C20H19N5O2/c1-3-27-17-11-7-4-8-14(17)19(26)23-18-12-13(2)24-25(18)20-21-15-9-5-6-10-16(15)22-20/h4-12H,3H2,1-2H3,(H2,21,22,23,24,26)/p+1. The zero-order valence-electron chi connectivity index (χ0n) is 15.1. The van der Waals surface area contributed by atoms with E-state index in [1.807, 2.05) is 56.3 Å². The average molecular weight is 362 g/mol. The molecule has 0 bridgehead atoms. The van der Waals surface area contributed by atoms with Gasteiger partial charge in [0.25, 0.3) is 0 Å². The van der Waals surface area contributed by atoms with Crippen LogP contribution in [0.1, 0.15) is 23.0 Å². The maximum atomic E-state index is 12.8. The Balaban J connectivity index is 1.68. The van der Waals surface area contributed by atoms with E-state index in [1.54, 1.807) is 16.8 Å². The minimum atomic E-state index is -0.247. The zero-order valence-corrected chi connectivity index (χ0v) is 15.1. The van der Waals surface area contributed by atoms with E-state index in [4.69, 9.17) is 4.74 Å². The van der Waals surface area contributed by atoms with Crippen LogP contribution in [0, 0.1) is 6.92 Å². The van der Waals surface area contributed by atoms with Gasteiger partial charge >= 0.3 is 11.9 Å². The number of hydrogen-bond donors (Lipinski definition) is 3. The number of hydrogen-bond acceptors (Lipinski definition) is 3. The highest BCUT2D eigenvalue weighted by atomic mass is 16.5. The van der Waals surface area contributed by atoms with Crippen molar-refractivity contribution in [3.63, 3.8) is 0 Å². The highest BCUT2D eigenvalue weighted by molar-refractivity contribution is 6.05. The number of para-hydroxylation sites is 3. The maximum absolute atomic E-state index is 12.8. The highest BCUT2D eigenvalue weighted by Gasteiger charge is 2.22. The number of H-pyrrole nitrogens is 2. The number of aromatic amines is 2. The minimum Gasteiger partial charge on any atom is -0.493 e. The van der Waals surface area contributed by atoms with Crippen molar-refractivity contribution in [3.05, 3.63) is 65.9 Å². The number of imidazole rings is 1. The molecule has 2 aromatic carbocycles. The van der Waals surface area contributed by atoms with Gasteiger partial charge in [0, 0.05) is 11.8 Å². The lowest BCUT2D eigenvalue weighted by molar-refractivity contribution is -0.648. The van der Waals surface area contributed by atoms with Crippen molar-refractivity contribution in [2.24, 2.45) is 0 Å². The number of nitrogens with zero attached hydrogens (tertiary/aromatic N) is 2. The number of ether oxygens (including phenoxy) is 1.